The number of pyridine rings is 1. The lowest BCUT2D eigenvalue weighted by atomic mass is 10.3. The Morgan fingerprint density at radius 2 is 2.12 bits per heavy atom. The quantitative estimate of drug-likeness (QED) is 0.850. The SMILES string of the molecule is CCNc1cccc(COCC(F)(F)F)n1. The molecule has 0 saturated carbocycles. The number of rotatable bonds is 5. The molecule has 0 aromatic carbocycles. The summed E-state index contributed by atoms with van der Waals surface area (Å²) < 4.78 is 39.9. The molecule has 0 atom stereocenters. The number of ether oxygens (including phenoxy) is 1. The number of hydrogen-bond acceptors (Lipinski definition) is 3. The first-order valence-electron chi connectivity index (χ1n) is 4.85. The Bertz CT molecular complexity index is 328. The third-order valence-electron chi connectivity index (χ3n) is 1.68. The first-order valence-corrected chi connectivity index (χ1v) is 4.85. The highest BCUT2D eigenvalue weighted by Gasteiger charge is 2.27. The van der Waals surface area contributed by atoms with Crippen LogP contribution in [-0.2, 0) is 11.3 Å². The van der Waals surface area contributed by atoms with Crippen LogP contribution >= 0.6 is 0 Å². The molecule has 1 heterocycles. The molecule has 0 amide bonds. The van der Waals surface area contributed by atoms with Crippen molar-refractivity contribution in [1.82, 2.24) is 4.98 Å². The molecule has 3 nitrogen and oxygen atoms in total. The van der Waals surface area contributed by atoms with Crippen LogP contribution in [0.5, 0.6) is 0 Å². The van der Waals surface area contributed by atoms with E-state index >= 15 is 0 Å². The van der Waals surface area contributed by atoms with E-state index in [0.29, 0.717) is 18.1 Å². The van der Waals surface area contributed by atoms with E-state index in [4.69, 9.17) is 0 Å². The van der Waals surface area contributed by atoms with Crippen molar-refractivity contribution in [3.8, 4) is 0 Å². The van der Waals surface area contributed by atoms with Crippen molar-refractivity contribution in [2.24, 2.45) is 0 Å². The molecule has 90 valence electrons. The molecule has 0 aliphatic carbocycles. The Morgan fingerprint density at radius 1 is 1.38 bits per heavy atom. The Hall–Kier alpha value is -1.30. The van der Waals surface area contributed by atoms with Crippen LogP contribution in [0, 0.1) is 0 Å². The Labute approximate surface area is 91.6 Å². The summed E-state index contributed by atoms with van der Waals surface area (Å²) in [5.41, 5.74) is 0.475. The van der Waals surface area contributed by atoms with Crippen LogP contribution in [0.3, 0.4) is 0 Å². The van der Waals surface area contributed by atoms with Gasteiger partial charge in [0, 0.05) is 6.54 Å². The highest BCUT2D eigenvalue weighted by molar-refractivity contribution is 5.34. The summed E-state index contributed by atoms with van der Waals surface area (Å²) in [5, 5.41) is 2.97. The zero-order valence-electron chi connectivity index (χ0n) is 8.84. The van der Waals surface area contributed by atoms with Gasteiger partial charge in [0.2, 0.25) is 0 Å². The number of nitrogens with one attached hydrogen (secondary N) is 1. The second-order valence-corrected chi connectivity index (χ2v) is 3.15. The zero-order valence-corrected chi connectivity index (χ0v) is 8.84. The summed E-state index contributed by atoms with van der Waals surface area (Å²) in [5.74, 6) is 0.635. The second kappa shape index (κ2) is 5.69. The van der Waals surface area contributed by atoms with Crippen LogP contribution in [0.4, 0.5) is 19.0 Å². The minimum absolute atomic E-state index is 0.140. The Kier molecular flexibility index (Phi) is 4.54. The molecule has 0 saturated heterocycles. The molecule has 0 fully saturated rings. The average molecular weight is 234 g/mol. The maximum absolute atomic E-state index is 11.8. The molecule has 0 spiro atoms. The van der Waals surface area contributed by atoms with Crippen LogP contribution in [-0.4, -0.2) is 24.3 Å². The summed E-state index contributed by atoms with van der Waals surface area (Å²) in [6.45, 7) is 1.23. The highest BCUT2D eigenvalue weighted by Crippen LogP contribution is 2.15. The summed E-state index contributed by atoms with van der Waals surface area (Å²) in [6, 6.07) is 5.09. The van der Waals surface area contributed by atoms with E-state index in [1.54, 1.807) is 18.2 Å². The van der Waals surface area contributed by atoms with E-state index in [2.05, 4.69) is 15.0 Å². The van der Waals surface area contributed by atoms with Crippen LogP contribution in [0.25, 0.3) is 0 Å². The van der Waals surface area contributed by atoms with Crippen molar-refractivity contribution in [2.45, 2.75) is 19.7 Å². The highest BCUT2D eigenvalue weighted by atomic mass is 19.4. The number of alkyl halides is 3. The topological polar surface area (TPSA) is 34.1 Å². The Balaban J connectivity index is 2.44. The van der Waals surface area contributed by atoms with E-state index in [-0.39, 0.29) is 6.61 Å². The molecule has 1 N–H and O–H groups in total. The molecule has 16 heavy (non-hydrogen) atoms. The summed E-state index contributed by atoms with van der Waals surface area (Å²) in [4.78, 5) is 4.08. The summed E-state index contributed by atoms with van der Waals surface area (Å²) in [6.07, 6.45) is -4.29. The molecular formula is C10H13F3N2O. The molecular weight excluding hydrogens is 221 g/mol. The molecule has 1 aromatic rings. The van der Waals surface area contributed by atoms with E-state index < -0.39 is 12.8 Å². The van der Waals surface area contributed by atoms with E-state index in [0.717, 1.165) is 0 Å². The molecule has 6 heteroatoms. The summed E-state index contributed by atoms with van der Waals surface area (Å²) >= 11 is 0. The number of anilines is 1. The van der Waals surface area contributed by atoms with Gasteiger partial charge in [-0.2, -0.15) is 13.2 Å². The van der Waals surface area contributed by atoms with Crippen LogP contribution in [0.1, 0.15) is 12.6 Å². The molecule has 0 aliphatic rings. The third-order valence-corrected chi connectivity index (χ3v) is 1.68. The van der Waals surface area contributed by atoms with Crippen molar-refractivity contribution in [1.29, 1.82) is 0 Å². The Morgan fingerprint density at radius 3 is 2.75 bits per heavy atom. The van der Waals surface area contributed by atoms with Gasteiger partial charge in [-0.25, -0.2) is 4.98 Å². The maximum Gasteiger partial charge on any atom is 0.411 e. The number of nitrogens with zero attached hydrogens (tertiary/aromatic N) is 1. The van der Waals surface area contributed by atoms with Crippen molar-refractivity contribution < 1.29 is 17.9 Å². The fraction of sp³-hybridized carbons (Fsp3) is 0.500. The largest absolute Gasteiger partial charge is 0.411 e. The lowest BCUT2D eigenvalue weighted by Crippen LogP contribution is -2.17. The second-order valence-electron chi connectivity index (χ2n) is 3.15. The van der Waals surface area contributed by atoms with Crippen molar-refractivity contribution >= 4 is 5.82 Å². The van der Waals surface area contributed by atoms with E-state index in [9.17, 15) is 13.2 Å². The molecule has 1 rings (SSSR count). The monoisotopic (exact) mass is 234 g/mol. The lowest BCUT2D eigenvalue weighted by Gasteiger charge is -2.08. The average Bonchev–Trinajstić information content (AvgIpc) is 2.17. The van der Waals surface area contributed by atoms with E-state index in [1.807, 2.05) is 6.92 Å². The first-order chi connectivity index (χ1) is 7.51. The van der Waals surface area contributed by atoms with Crippen LogP contribution in [0.2, 0.25) is 0 Å². The zero-order chi connectivity index (χ0) is 12.0. The summed E-state index contributed by atoms with van der Waals surface area (Å²) in [7, 11) is 0. The minimum Gasteiger partial charge on any atom is -0.370 e. The van der Waals surface area contributed by atoms with Crippen molar-refractivity contribution in [3.05, 3.63) is 23.9 Å². The van der Waals surface area contributed by atoms with Gasteiger partial charge in [0.25, 0.3) is 0 Å². The fourth-order valence-electron chi connectivity index (χ4n) is 1.11. The van der Waals surface area contributed by atoms with Gasteiger partial charge in [-0.3, -0.25) is 0 Å². The van der Waals surface area contributed by atoms with Gasteiger partial charge in [-0.15, -0.1) is 0 Å². The standard InChI is InChI=1S/C10H13F3N2O/c1-2-14-9-5-3-4-8(15-9)6-16-7-10(11,12)13/h3-5H,2,6-7H2,1H3,(H,14,15). The first kappa shape index (κ1) is 12.8. The van der Waals surface area contributed by atoms with Gasteiger partial charge in [0.15, 0.2) is 0 Å². The maximum atomic E-state index is 11.8. The third kappa shape index (κ3) is 4.97. The van der Waals surface area contributed by atoms with Crippen molar-refractivity contribution in [2.75, 3.05) is 18.5 Å². The van der Waals surface area contributed by atoms with Gasteiger partial charge < -0.3 is 10.1 Å². The fourth-order valence-corrected chi connectivity index (χ4v) is 1.11. The predicted octanol–water partition coefficient (Wildman–Crippen LogP) is 2.59. The molecule has 0 aliphatic heterocycles. The smallest absolute Gasteiger partial charge is 0.370 e. The molecule has 0 bridgehead atoms. The molecule has 0 unspecified atom stereocenters. The van der Waals surface area contributed by atoms with Crippen LogP contribution < -0.4 is 5.32 Å². The van der Waals surface area contributed by atoms with Gasteiger partial charge in [0.05, 0.1) is 12.3 Å². The van der Waals surface area contributed by atoms with Gasteiger partial charge >= 0.3 is 6.18 Å². The van der Waals surface area contributed by atoms with Crippen LogP contribution in [0.15, 0.2) is 18.2 Å². The van der Waals surface area contributed by atoms with Crippen molar-refractivity contribution in [3.63, 3.8) is 0 Å². The van der Waals surface area contributed by atoms with Gasteiger partial charge in [0.1, 0.15) is 12.4 Å². The number of aromatic nitrogens is 1. The lowest BCUT2D eigenvalue weighted by molar-refractivity contribution is -0.176. The van der Waals surface area contributed by atoms with E-state index in [1.165, 1.54) is 0 Å². The predicted molar refractivity (Wildman–Crippen MR) is 54.1 cm³/mol. The molecule has 0 radical (unpaired) electrons. The van der Waals surface area contributed by atoms with Gasteiger partial charge in [-0.05, 0) is 19.1 Å². The molecule has 1 aromatic heterocycles. The normalized spacial score (nSPS) is 11.5. The van der Waals surface area contributed by atoms with Gasteiger partial charge in [-0.1, -0.05) is 6.07 Å². The number of hydrogen-bond donors (Lipinski definition) is 1. The minimum atomic E-state index is -4.29. The number of halogens is 3.